The van der Waals surface area contributed by atoms with Crippen LogP contribution in [0.3, 0.4) is 0 Å². The summed E-state index contributed by atoms with van der Waals surface area (Å²) in [6, 6.07) is 28.2. The number of piperazine rings is 2. The van der Waals surface area contributed by atoms with Gasteiger partial charge in [-0.2, -0.15) is 0 Å². The fraction of sp³-hybridized carbons (Fsp3) is 0.322. The Morgan fingerprint density at radius 1 is 0.662 bits per heavy atom. The minimum atomic E-state index is -0.103. The number of rotatable bonds is 10. The van der Waals surface area contributed by atoms with Crippen molar-refractivity contribution in [2.45, 2.75) is 73.1 Å². The summed E-state index contributed by atoms with van der Waals surface area (Å²) in [4.78, 5) is 41.9. The molecule has 2 aliphatic heterocycles. The summed E-state index contributed by atoms with van der Waals surface area (Å²) >= 11 is 13.0. The van der Waals surface area contributed by atoms with Crippen LogP contribution in [-0.2, 0) is 13.1 Å². The van der Waals surface area contributed by atoms with Crippen LogP contribution >= 0.6 is 23.2 Å². The Morgan fingerprint density at radius 2 is 1.15 bits per heavy atom. The minimum Gasteiger partial charge on any atom is -0.337 e. The third kappa shape index (κ3) is 13.1. The van der Waals surface area contributed by atoms with Gasteiger partial charge < -0.3 is 24.7 Å². The van der Waals surface area contributed by atoms with Crippen molar-refractivity contribution in [2.24, 2.45) is 4.99 Å². The number of urea groups is 1. The van der Waals surface area contributed by atoms with Crippen molar-refractivity contribution >= 4 is 70.6 Å². The van der Waals surface area contributed by atoms with Gasteiger partial charge in [-0.15, -0.1) is 0 Å². The molecule has 2 N–H and O–H groups in total. The number of aryl methyl sites for hydroxylation is 2. The van der Waals surface area contributed by atoms with Gasteiger partial charge in [0.1, 0.15) is 0 Å². The highest BCUT2D eigenvalue weighted by atomic mass is 35.5. The highest BCUT2D eigenvalue weighted by molar-refractivity contribution is 6.31. The zero-order valence-corrected chi connectivity index (χ0v) is 43.9. The van der Waals surface area contributed by atoms with Crippen LogP contribution in [0, 0.1) is 0 Å². The highest BCUT2D eigenvalue weighted by Crippen LogP contribution is 2.43. The number of aliphatic imine (C=N–C) groups is 1. The average molecular weight is 1030 g/mol. The molecule has 2 fully saturated rings. The normalized spacial score (nSPS) is 16.8. The maximum absolute atomic E-state index is 13.0. The number of fused-ring (bicyclic) bond motifs is 4. The van der Waals surface area contributed by atoms with Crippen LogP contribution in [0.1, 0.15) is 105 Å². The predicted molar refractivity (Wildman–Crippen MR) is 306 cm³/mol. The second-order valence-electron chi connectivity index (χ2n) is 17.6. The number of benzene rings is 3. The SMILES string of the molecule is C.C=Nc1ccc(NC(=O)N2CCN(C3c4ccc(Cl)cc4C(CCn4ccnc4)=Cc4cccnc43)CC2)cc1.CC.CC.Clc1ccc2c(c1)C(CCn1ccnc1)=Cc1cccnc1C2N1CCNCC1. The number of hydrogen-bond acceptors (Lipinski definition) is 9. The van der Waals surface area contributed by atoms with Gasteiger partial charge in [-0.1, -0.05) is 82.6 Å². The Morgan fingerprint density at radius 3 is 1.61 bits per heavy atom. The molecule has 0 bridgehead atoms. The molecular weight excluding hydrogens is 964 g/mol. The van der Waals surface area contributed by atoms with Crippen molar-refractivity contribution in [1.82, 2.24) is 49.1 Å². The number of pyridine rings is 2. The van der Waals surface area contributed by atoms with Crippen LogP contribution in [0.25, 0.3) is 23.3 Å². The predicted octanol–water partition coefficient (Wildman–Crippen LogP) is 12.7. The van der Waals surface area contributed by atoms with Crippen molar-refractivity contribution in [3.63, 3.8) is 0 Å². The van der Waals surface area contributed by atoms with Crippen LogP contribution in [0.15, 0.2) is 140 Å². The summed E-state index contributed by atoms with van der Waals surface area (Å²) in [5, 5.41) is 7.95. The van der Waals surface area contributed by atoms with Gasteiger partial charge in [0.2, 0.25) is 0 Å². The molecule has 0 spiro atoms. The average Bonchev–Trinajstić information content (AvgIpc) is 4.14. The number of anilines is 1. The fourth-order valence-corrected chi connectivity index (χ4v) is 10.3. The van der Waals surface area contributed by atoms with E-state index >= 15 is 0 Å². The Bertz CT molecular complexity index is 2960. The number of carbonyl (C=O) groups is 1. The molecule has 4 aromatic heterocycles. The van der Waals surface area contributed by atoms with Gasteiger partial charge in [-0.25, -0.2) is 14.8 Å². The van der Waals surface area contributed by atoms with Gasteiger partial charge in [-0.3, -0.25) is 24.8 Å². The molecule has 2 amide bonds. The first-order valence-electron chi connectivity index (χ1n) is 25.5. The number of amides is 2. The summed E-state index contributed by atoms with van der Waals surface area (Å²) < 4.78 is 4.21. The summed E-state index contributed by atoms with van der Waals surface area (Å²) in [5.74, 6) is 0. The number of halogens is 2. The summed E-state index contributed by atoms with van der Waals surface area (Å²) in [7, 11) is 0. The zero-order chi connectivity index (χ0) is 51.1. The smallest absolute Gasteiger partial charge is 0.321 e. The van der Waals surface area contributed by atoms with Gasteiger partial charge in [0, 0.05) is 118 Å². The van der Waals surface area contributed by atoms with E-state index in [0.717, 1.165) is 104 Å². The highest BCUT2D eigenvalue weighted by Gasteiger charge is 2.34. The largest absolute Gasteiger partial charge is 0.337 e. The topological polar surface area (TPSA) is 125 Å². The first-order valence-corrected chi connectivity index (χ1v) is 26.3. The van der Waals surface area contributed by atoms with E-state index in [2.05, 4.69) is 99.8 Å². The molecular formula is C59H70Cl2N12O. The zero-order valence-electron chi connectivity index (χ0n) is 42.3. The van der Waals surface area contributed by atoms with Gasteiger partial charge in [0.25, 0.3) is 0 Å². The lowest BCUT2D eigenvalue weighted by Gasteiger charge is -2.39. The molecule has 0 saturated carbocycles. The molecule has 3 aromatic carbocycles. The Kier molecular flexibility index (Phi) is 20.1. The minimum absolute atomic E-state index is 0. The second kappa shape index (κ2) is 27.0. The maximum Gasteiger partial charge on any atom is 0.321 e. The van der Waals surface area contributed by atoms with Gasteiger partial charge in [0.15, 0.2) is 0 Å². The van der Waals surface area contributed by atoms with Crippen molar-refractivity contribution in [3.8, 4) is 0 Å². The van der Waals surface area contributed by atoms with Crippen LogP contribution in [-0.4, -0.2) is 109 Å². The first-order chi connectivity index (χ1) is 35.9. The monoisotopic (exact) mass is 1030 g/mol. The van der Waals surface area contributed by atoms with Crippen molar-refractivity contribution in [3.05, 3.63) is 190 Å². The molecule has 13 nitrogen and oxygen atoms in total. The van der Waals surface area contributed by atoms with Crippen LogP contribution < -0.4 is 10.6 Å². The summed E-state index contributed by atoms with van der Waals surface area (Å²) in [6.45, 7) is 19.9. The lowest BCUT2D eigenvalue weighted by molar-refractivity contribution is 0.125. The molecule has 2 atom stereocenters. The molecule has 386 valence electrons. The molecule has 15 heteroatoms. The van der Waals surface area contributed by atoms with Crippen LogP contribution in [0.5, 0.6) is 0 Å². The van der Waals surface area contributed by atoms with Crippen molar-refractivity contribution < 1.29 is 4.79 Å². The molecule has 4 aliphatic rings. The molecule has 74 heavy (non-hydrogen) atoms. The second-order valence-corrected chi connectivity index (χ2v) is 18.5. The Labute approximate surface area is 447 Å². The maximum atomic E-state index is 13.0. The standard InChI is InChI=1S/C31H30ClN7O.C23H24ClN5.2C2H6.CH4/c1-33-25-5-7-26(8-6-25)36-31(40)39-17-15-38(16-18-39)30-27-9-4-24(32)20-28(27)22(10-13-37-14-12-34-21-37)19-23-3-2-11-35-29(23)30;24-19-3-4-20-21(15-19)17(5-10-28-11-7-26-16-28)14-18-2-1-6-27-22(18)23(20)29-12-8-25-9-13-29;2*1-2;/h2-9,11-12,14,19-21,30H,1,10,13,15-18H2,(H,36,40);1-4,6-7,11,14-16,23,25H,5,8-10,12-13H2;2*1-2H3;1H4. The van der Waals surface area contributed by atoms with Crippen molar-refractivity contribution in [1.29, 1.82) is 0 Å². The molecule has 6 heterocycles. The molecule has 2 saturated heterocycles. The molecule has 0 radical (unpaired) electrons. The van der Waals surface area contributed by atoms with E-state index in [-0.39, 0.29) is 25.5 Å². The van der Waals surface area contributed by atoms with E-state index in [1.807, 2.05) is 125 Å². The van der Waals surface area contributed by atoms with E-state index < -0.39 is 0 Å². The van der Waals surface area contributed by atoms with Crippen molar-refractivity contribution in [2.75, 3.05) is 57.7 Å². The number of nitrogens with zero attached hydrogens (tertiary/aromatic N) is 10. The fourth-order valence-electron chi connectivity index (χ4n) is 9.94. The third-order valence-corrected chi connectivity index (χ3v) is 13.9. The summed E-state index contributed by atoms with van der Waals surface area (Å²) in [5.41, 5.74) is 13.4. The molecule has 2 aliphatic carbocycles. The third-order valence-electron chi connectivity index (χ3n) is 13.4. The lowest BCUT2D eigenvalue weighted by Crippen LogP contribution is -2.51. The van der Waals surface area contributed by atoms with E-state index in [9.17, 15) is 4.79 Å². The molecule has 11 rings (SSSR count). The van der Waals surface area contributed by atoms with Gasteiger partial charge in [0.05, 0.1) is 41.8 Å². The van der Waals surface area contributed by atoms with Crippen LogP contribution in [0.2, 0.25) is 10.0 Å². The summed E-state index contributed by atoms with van der Waals surface area (Å²) in [6.07, 6.45) is 21.4. The first kappa shape index (κ1) is 55.0. The number of hydrogen-bond donors (Lipinski definition) is 2. The number of aromatic nitrogens is 6. The number of imidazole rings is 2. The van der Waals surface area contributed by atoms with E-state index in [4.69, 9.17) is 33.2 Å². The van der Waals surface area contributed by atoms with E-state index in [0.29, 0.717) is 18.1 Å². The number of allylic oxidation sites excluding steroid dienone is 2. The van der Waals surface area contributed by atoms with Gasteiger partial charge in [-0.05, 0) is 137 Å². The molecule has 2 unspecified atom stereocenters. The van der Waals surface area contributed by atoms with Gasteiger partial charge >= 0.3 is 6.03 Å². The Balaban J connectivity index is 0.000000208. The number of carbonyl (C=O) groups excluding carboxylic acids is 1. The van der Waals surface area contributed by atoms with E-state index in [1.54, 1.807) is 6.20 Å². The lowest BCUT2D eigenvalue weighted by atomic mass is 9.92. The molecule has 7 aromatic rings. The Hall–Kier alpha value is -6.74. The van der Waals surface area contributed by atoms with E-state index in [1.165, 1.54) is 33.4 Å². The van der Waals surface area contributed by atoms with Crippen LogP contribution in [0.4, 0.5) is 16.2 Å². The number of nitrogens with one attached hydrogen (secondary N) is 2. The quantitative estimate of drug-likeness (QED) is 0.130.